The van der Waals surface area contributed by atoms with E-state index in [1.54, 1.807) is 19.2 Å². The molecular weight excluding hydrogens is 330 g/mol. The molecule has 132 valence electrons. The van der Waals surface area contributed by atoms with E-state index < -0.39 is 6.03 Å². The molecule has 3 amide bonds. The van der Waals surface area contributed by atoms with Gasteiger partial charge in [0.2, 0.25) is 0 Å². The van der Waals surface area contributed by atoms with Gasteiger partial charge in [-0.3, -0.25) is 4.79 Å². The van der Waals surface area contributed by atoms with Crippen LogP contribution in [0.3, 0.4) is 0 Å². The van der Waals surface area contributed by atoms with Gasteiger partial charge in [0.15, 0.2) is 0 Å². The van der Waals surface area contributed by atoms with Crippen molar-refractivity contribution < 1.29 is 14.3 Å². The normalized spacial score (nSPS) is 10.3. The minimum atomic E-state index is -0.616. The van der Waals surface area contributed by atoms with Gasteiger partial charge in [-0.05, 0) is 40.6 Å². The van der Waals surface area contributed by atoms with E-state index in [1.807, 2.05) is 48.5 Å². The Balaban J connectivity index is 1.73. The molecule has 6 nitrogen and oxygen atoms in total. The van der Waals surface area contributed by atoms with Crippen molar-refractivity contribution in [1.82, 2.24) is 5.32 Å². The fourth-order valence-electron chi connectivity index (χ4n) is 2.69. The van der Waals surface area contributed by atoms with E-state index in [0.29, 0.717) is 23.5 Å². The van der Waals surface area contributed by atoms with Crippen molar-refractivity contribution in [1.29, 1.82) is 0 Å². The molecule has 0 bridgehead atoms. The summed E-state index contributed by atoms with van der Waals surface area (Å²) in [5.41, 5.74) is 7.05. The molecule has 3 aromatic rings. The van der Waals surface area contributed by atoms with Gasteiger partial charge in [-0.15, -0.1) is 0 Å². The van der Waals surface area contributed by atoms with E-state index in [9.17, 15) is 9.59 Å². The first-order chi connectivity index (χ1) is 12.6. The molecular formula is C20H19N3O3. The molecule has 3 rings (SSSR count). The second kappa shape index (κ2) is 7.57. The molecule has 0 radical (unpaired) electrons. The van der Waals surface area contributed by atoms with Crippen molar-refractivity contribution in [3.8, 4) is 5.75 Å². The van der Waals surface area contributed by atoms with Gasteiger partial charge in [0.25, 0.3) is 5.91 Å². The molecule has 0 heterocycles. The number of primary amides is 1. The monoisotopic (exact) mass is 349 g/mol. The maximum Gasteiger partial charge on any atom is 0.316 e. The summed E-state index contributed by atoms with van der Waals surface area (Å²) >= 11 is 0. The van der Waals surface area contributed by atoms with Crippen molar-refractivity contribution >= 4 is 28.4 Å². The second-order valence-electron chi connectivity index (χ2n) is 5.77. The fourth-order valence-corrected chi connectivity index (χ4v) is 2.69. The van der Waals surface area contributed by atoms with Gasteiger partial charge in [-0.25, -0.2) is 4.79 Å². The Labute approximate surface area is 151 Å². The number of hydrogen-bond acceptors (Lipinski definition) is 3. The third-order valence-electron chi connectivity index (χ3n) is 3.99. The SMILES string of the molecule is COc1cc2ccccc2cc1C(=O)NCc1ccc(NC(N)=O)cc1. The van der Waals surface area contributed by atoms with Crippen LogP contribution >= 0.6 is 0 Å². The van der Waals surface area contributed by atoms with Crippen molar-refractivity contribution in [2.24, 2.45) is 5.73 Å². The highest BCUT2D eigenvalue weighted by Crippen LogP contribution is 2.26. The summed E-state index contributed by atoms with van der Waals surface area (Å²) in [6, 6.07) is 17.9. The molecule has 0 aliphatic carbocycles. The van der Waals surface area contributed by atoms with Crippen LogP contribution in [0.2, 0.25) is 0 Å². The predicted octanol–water partition coefficient (Wildman–Crippen LogP) is 3.27. The topological polar surface area (TPSA) is 93.4 Å². The van der Waals surface area contributed by atoms with E-state index in [2.05, 4.69) is 10.6 Å². The zero-order chi connectivity index (χ0) is 18.5. The van der Waals surface area contributed by atoms with Crippen molar-refractivity contribution in [2.75, 3.05) is 12.4 Å². The maximum atomic E-state index is 12.6. The molecule has 4 N–H and O–H groups in total. The third-order valence-corrected chi connectivity index (χ3v) is 3.99. The third kappa shape index (κ3) is 3.92. The van der Waals surface area contributed by atoms with E-state index >= 15 is 0 Å². The first kappa shape index (κ1) is 17.3. The standard InChI is InChI=1S/C20H19N3O3/c1-26-18-11-15-5-3-2-4-14(15)10-17(18)19(24)22-12-13-6-8-16(9-7-13)23-20(21)25/h2-11H,12H2,1H3,(H,22,24)(H3,21,23,25). The molecule has 0 saturated heterocycles. The van der Waals surface area contributed by atoms with Gasteiger partial charge in [0.1, 0.15) is 5.75 Å². The molecule has 0 fully saturated rings. The van der Waals surface area contributed by atoms with Crippen LogP contribution < -0.4 is 21.1 Å². The summed E-state index contributed by atoms with van der Waals surface area (Å²) < 4.78 is 5.37. The average molecular weight is 349 g/mol. The van der Waals surface area contributed by atoms with Crippen molar-refractivity contribution in [3.63, 3.8) is 0 Å². The number of methoxy groups -OCH3 is 1. The number of fused-ring (bicyclic) bond motifs is 1. The Morgan fingerprint density at radius 3 is 2.27 bits per heavy atom. The molecule has 26 heavy (non-hydrogen) atoms. The lowest BCUT2D eigenvalue weighted by molar-refractivity contribution is 0.0948. The summed E-state index contributed by atoms with van der Waals surface area (Å²) in [6.45, 7) is 0.353. The van der Waals surface area contributed by atoms with Gasteiger partial charge >= 0.3 is 6.03 Å². The molecule has 0 aliphatic heterocycles. The highest BCUT2D eigenvalue weighted by molar-refractivity contribution is 6.01. The van der Waals surface area contributed by atoms with Gasteiger partial charge in [0.05, 0.1) is 12.7 Å². The highest BCUT2D eigenvalue weighted by atomic mass is 16.5. The van der Waals surface area contributed by atoms with Crippen LogP contribution in [-0.4, -0.2) is 19.0 Å². The number of carbonyl (C=O) groups excluding carboxylic acids is 2. The Hall–Kier alpha value is -3.54. The van der Waals surface area contributed by atoms with Crippen LogP contribution in [0.1, 0.15) is 15.9 Å². The Bertz CT molecular complexity index is 952. The van der Waals surface area contributed by atoms with E-state index in [1.165, 1.54) is 0 Å². The number of nitrogens with one attached hydrogen (secondary N) is 2. The Kier molecular flexibility index (Phi) is 5.03. The largest absolute Gasteiger partial charge is 0.496 e. The molecule has 6 heteroatoms. The van der Waals surface area contributed by atoms with Crippen LogP contribution in [0, 0.1) is 0 Å². The Morgan fingerprint density at radius 1 is 1.00 bits per heavy atom. The predicted molar refractivity (Wildman–Crippen MR) is 101 cm³/mol. The molecule has 0 aromatic heterocycles. The van der Waals surface area contributed by atoms with Crippen LogP contribution in [0.15, 0.2) is 60.7 Å². The van der Waals surface area contributed by atoms with Crippen LogP contribution in [0.25, 0.3) is 10.8 Å². The minimum absolute atomic E-state index is 0.216. The summed E-state index contributed by atoms with van der Waals surface area (Å²) in [5, 5.41) is 7.36. The summed E-state index contributed by atoms with van der Waals surface area (Å²) in [7, 11) is 1.55. The van der Waals surface area contributed by atoms with Gasteiger partial charge in [-0.2, -0.15) is 0 Å². The van der Waals surface area contributed by atoms with Gasteiger partial charge in [-0.1, -0.05) is 36.4 Å². The van der Waals surface area contributed by atoms with Gasteiger partial charge in [0, 0.05) is 12.2 Å². The molecule has 0 atom stereocenters. The van der Waals surface area contributed by atoms with E-state index in [4.69, 9.17) is 10.5 Å². The van der Waals surface area contributed by atoms with Gasteiger partial charge < -0.3 is 21.1 Å². The van der Waals surface area contributed by atoms with Crippen LogP contribution in [-0.2, 0) is 6.54 Å². The number of amides is 3. The lowest BCUT2D eigenvalue weighted by Gasteiger charge is -2.11. The number of hydrogen-bond donors (Lipinski definition) is 3. The maximum absolute atomic E-state index is 12.6. The summed E-state index contributed by atoms with van der Waals surface area (Å²) in [4.78, 5) is 23.4. The molecule has 0 spiro atoms. The average Bonchev–Trinajstić information content (AvgIpc) is 2.65. The fraction of sp³-hybridized carbons (Fsp3) is 0.100. The molecule has 0 aliphatic rings. The number of carbonyl (C=O) groups is 2. The number of ether oxygens (including phenoxy) is 1. The molecule has 0 saturated carbocycles. The van der Waals surface area contributed by atoms with E-state index in [-0.39, 0.29) is 5.91 Å². The highest BCUT2D eigenvalue weighted by Gasteiger charge is 2.13. The summed E-state index contributed by atoms with van der Waals surface area (Å²) in [5.74, 6) is 0.314. The van der Waals surface area contributed by atoms with E-state index in [0.717, 1.165) is 16.3 Å². The smallest absolute Gasteiger partial charge is 0.316 e. The van der Waals surface area contributed by atoms with Crippen LogP contribution in [0.5, 0.6) is 5.75 Å². The Morgan fingerprint density at radius 2 is 1.65 bits per heavy atom. The lowest BCUT2D eigenvalue weighted by Crippen LogP contribution is -2.23. The number of nitrogens with two attached hydrogens (primary N) is 1. The van der Waals surface area contributed by atoms with Crippen molar-refractivity contribution in [2.45, 2.75) is 6.54 Å². The number of urea groups is 1. The first-order valence-corrected chi connectivity index (χ1v) is 8.07. The van der Waals surface area contributed by atoms with Crippen molar-refractivity contribution in [3.05, 3.63) is 71.8 Å². The zero-order valence-electron chi connectivity index (χ0n) is 14.3. The lowest BCUT2D eigenvalue weighted by atomic mass is 10.1. The van der Waals surface area contributed by atoms with Crippen LogP contribution in [0.4, 0.5) is 10.5 Å². The number of rotatable bonds is 5. The summed E-state index contributed by atoms with van der Waals surface area (Å²) in [6.07, 6.45) is 0. The second-order valence-corrected chi connectivity index (χ2v) is 5.77. The quantitative estimate of drug-likeness (QED) is 0.660. The number of anilines is 1. The zero-order valence-corrected chi connectivity index (χ0v) is 14.3. The molecule has 0 unspecified atom stereocenters. The minimum Gasteiger partial charge on any atom is -0.496 e. The number of benzene rings is 3. The first-order valence-electron chi connectivity index (χ1n) is 8.07. The molecule has 3 aromatic carbocycles.